The van der Waals surface area contributed by atoms with Gasteiger partial charge in [-0.2, -0.15) is 5.06 Å². The summed E-state index contributed by atoms with van der Waals surface area (Å²) >= 11 is 0. The molecule has 68 heavy (non-hydrogen) atoms. The van der Waals surface area contributed by atoms with Crippen LogP contribution >= 0.6 is 0 Å². The second-order valence-corrected chi connectivity index (χ2v) is 19.9. The van der Waals surface area contributed by atoms with Crippen LogP contribution < -0.4 is 10.6 Å². The summed E-state index contributed by atoms with van der Waals surface area (Å²) < 4.78 is 31.7. The molecule has 0 spiro atoms. The highest BCUT2D eigenvalue weighted by molar-refractivity contribution is 5.95. The molecule has 14 nitrogen and oxygen atoms in total. The first-order valence-corrected chi connectivity index (χ1v) is 23.9. The Labute approximate surface area is 396 Å². The van der Waals surface area contributed by atoms with Crippen molar-refractivity contribution in [2.45, 2.75) is 132 Å². The number of hydrogen-bond donors (Lipinski definition) is 3. The number of aliphatic hydroxyl groups excluding tert-OH is 1. The van der Waals surface area contributed by atoms with Crippen LogP contribution in [0.1, 0.15) is 97.5 Å². The van der Waals surface area contributed by atoms with Crippen molar-refractivity contribution in [3.63, 3.8) is 0 Å². The van der Waals surface area contributed by atoms with Crippen molar-refractivity contribution in [2.75, 3.05) is 6.61 Å². The summed E-state index contributed by atoms with van der Waals surface area (Å²) in [6, 6.07) is 32.2. The fourth-order valence-electron chi connectivity index (χ4n) is 10.9. The van der Waals surface area contributed by atoms with Crippen LogP contribution in [0.3, 0.4) is 0 Å². The van der Waals surface area contributed by atoms with Crippen molar-refractivity contribution in [3.8, 4) is 0 Å². The number of nitrogens with zero attached hydrogens (tertiary/aromatic N) is 1. The van der Waals surface area contributed by atoms with Crippen molar-refractivity contribution in [1.29, 1.82) is 0 Å². The Hall–Kier alpha value is -5.74. The Bertz CT molecular complexity index is 2510. The first-order chi connectivity index (χ1) is 32.8. The fourth-order valence-corrected chi connectivity index (χ4v) is 10.9. The van der Waals surface area contributed by atoms with Gasteiger partial charge >= 0.3 is 11.9 Å². The van der Waals surface area contributed by atoms with Crippen molar-refractivity contribution in [2.24, 2.45) is 11.3 Å². The number of carbonyl (C=O) groups is 4. The molecule has 4 aromatic rings. The van der Waals surface area contributed by atoms with Crippen LogP contribution in [-0.4, -0.2) is 94.8 Å². The molecular formula is C54H59N3O11. The number of hydrogen-bond acceptors (Lipinski definition) is 12. The molecule has 6 aliphatic rings. The summed E-state index contributed by atoms with van der Waals surface area (Å²) in [4.78, 5) is 62.7. The maximum absolute atomic E-state index is 15.3. The molecule has 14 heteroatoms. The minimum absolute atomic E-state index is 0.0211. The molecule has 2 amide bonds. The molecule has 4 aliphatic heterocycles. The third-order valence-corrected chi connectivity index (χ3v) is 14.2. The van der Waals surface area contributed by atoms with Gasteiger partial charge in [0.05, 0.1) is 31.4 Å². The van der Waals surface area contributed by atoms with Crippen molar-refractivity contribution < 1.29 is 52.8 Å². The molecule has 4 saturated heterocycles. The highest BCUT2D eigenvalue weighted by Crippen LogP contribution is 2.59. The monoisotopic (exact) mass is 925 g/mol. The normalized spacial score (nSPS) is 29.3. The third-order valence-electron chi connectivity index (χ3n) is 14.2. The molecule has 10 rings (SSSR count). The molecule has 0 aromatic heterocycles. The van der Waals surface area contributed by atoms with Gasteiger partial charge in [0.25, 0.3) is 5.91 Å². The Morgan fingerprint density at radius 2 is 1.60 bits per heavy atom. The second-order valence-electron chi connectivity index (χ2n) is 19.9. The number of allylic oxidation sites excluding steroid dienone is 1. The van der Waals surface area contributed by atoms with Crippen LogP contribution in [0.4, 0.5) is 0 Å². The quantitative estimate of drug-likeness (QED) is 0.0901. The zero-order chi connectivity index (χ0) is 47.2. The van der Waals surface area contributed by atoms with Gasteiger partial charge in [0, 0.05) is 36.1 Å². The standard InChI is InChI=1S/C54H59N3O11/c1-52(2,3)65-44(59)26-24-40(32-58)56-49(60)36-16-12-13-34(27-36)30-55-51(62)53-29-43-45-46(67-54(66-45,38-17-6-4-7-18-38)39-19-8-5-9-20-39)48(53)68-57(47(53)50(61)64-43)31-37-15-11-10-14-35(37)23-21-33-22-25-41-42(28-33)63-41/h4-21,23,27,33,40-43,45-48,58H,22,24-26,28-32H2,1-3H3,(H,55,62)(H,56,60). The Kier molecular flexibility index (Phi) is 12.6. The van der Waals surface area contributed by atoms with E-state index in [9.17, 15) is 19.5 Å². The zero-order valence-electron chi connectivity index (χ0n) is 38.6. The van der Waals surface area contributed by atoms with Crippen molar-refractivity contribution >= 4 is 29.8 Å². The molecule has 0 radical (unpaired) electrons. The first-order valence-electron chi connectivity index (χ1n) is 23.9. The fraction of sp³-hybridized carbons (Fsp3) is 0.444. The number of esters is 2. The summed E-state index contributed by atoms with van der Waals surface area (Å²) in [5, 5.41) is 17.6. The lowest BCUT2D eigenvalue weighted by Gasteiger charge is -2.48. The van der Waals surface area contributed by atoms with E-state index in [1.54, 1.807) is 50.1 Å². The summed E-state index contributed by atoms with van der Waals surface area (Å²) in [5.41, 5.74) is 2.18. The van der Waals surface area contributed by atoms with E-state index in [4.69, 9.17) is 28.5 Å². The largest absolute Gasteiger partial charge is 0.460 e. The number of ether oxygens (including phenoxy) is 5. The number of hydroxylamine groups is 2. The molecule has 3 N–H and O–H groups in total. The van der Waals surface area contributed by atoms with Gasteiger partial charge in [0.15, 0.2) is 6.04 Å². The highest BCUT2D eigenvalue weighted by atomic mass is 16.8. The number of fused-ring (bicyclic) bond motifs is 5. The second kappa shape index (κ2) is 18.6. The third kappa shape index (κ3) is 9.01. The molecule has 6 fully saturated rings. The summed E-state index contributed by atoms with van der Waals surface area (Å²) in [6.07, 6.45) is 5.17. The average molecular weight is 926 g/mol. The van der Waals surface area contributed by atoms with E-state index in [-0.39, 0.29) is 39.0 Å². The lowest BCUT2D eigenvalue weighted by atomic mass is 9.62. The number of amides is 2. The highest BCUT2D eigenvalue weighted by Gasteiger charge is 2.76. The van der Waals surface area contributed by atoms with Gasteiger partial charge in [-0.3, -0.25) is 24.0 Å². The predicted molar refractivity (Wildman–Crippen MR) is 248 cm³/mol. The number of carbonyl (C=O) groups excluding carboxylic acids is 4. The van der Waals surface area contributed by atoms with Gasteiger partial charge < -0.3 is 39.4 Å². The Balaban J connectivity index is 0.931. The number of nitrogens with one attached hydrogen (secondary N) is 2. The van der Waals surface area contributed by atoms with Gasteiger partial charge in [-0.15, -0.1) is 0 Å². The Morgan fingerprint density at radius 3 is 2.32 bits per heavy atom. The van der Waals surface area contributed by atoms with E-state index in [2.05, 4.69) is 22.8 Å². The lowest BCUT2D eigenvalue weighted by Crippen LogP contribution is -2.69. The zero-order valence-corrected chi connectivity index (χ0v) is 38.6. The smallest absolute Gasteiger partial charge is 0.327 e. The van der Waals surface area contributed by atoms with Crippen molar-refractivity contribution in [1.82, 2.24) is 15.7 Å². The van der Waals surface area contributed by atoms with E-state index in [0.29, 0.717) is 29.3 Å². The summed E-state index contributed by atoms with van der Waals surface area (Å²) in [7, 11) is 0. The average Bonchev–Trinajstić information content (AvgIpc) is 3.86. The lowest BCUT2D eigenvalue weighted by molar-refractivity contribution is -0.213. The number of rotatable bonds is 15. The van der Waals surface area contributed by atoms with Crippen molar-refractivity contribution in [3.05, 3.63) is 149 Å². The van der Waals surface area contributed by atoms with E-state index in [1.165, 1.54) is 0 Å². The number of aliphatic hydroxyl groups is 1. The first kappa shape index (κ1) is 46.0. The van der Waals surface area contributed by atoms with Gasteiger partial charge in [-0.25, -0.2) is 0 Å². The molecule has 4 heterocycles. The van der Waals surface area contributed by atoms with E-state index < -0.39 is 77.1 Å². The molecule has 2 aliphatic carbocycles. The predicted octanol–water partition coefficient (Wildman–Crippen LogP) is 6.28. The SMILES string of the molecule is CC(C)(C)OC(=O)CCC(CO)NC(=O)c1cccc(CNC(=O)C23CC4OC(=O)C2N(Cc2ccccc2C=CC2CCC5OC5C2)OC3C2OC(c3ccccc3)(c3ccccc3)OC42)c1. The number of epoxide rings is 1. The number of benzene rings is 4. The van der Waals surface area contributed by atoms with Crippen LogP contribution in [0, 0.1) is 11.3 Å². The molecular weight excluding hydrogens is 867 g/mol. The van der Waals surface area contributed by atoms with Crippen LogP contribution in [0.5, 0.6) is 0 Å². The van der Waals surface area contributed by atoms with Crippen LogP contribution in [0.2, 0.25) is 0 Å². The maximum atomic E-state index is 15.3. The maximum Gasteiger partial charge on any atom is 0.327 e. The van der Waals surface area contributed by atoms with Crippen LogP contribution in [0.25, 0.3) is 6.08 Å². The van der Waals surface area contributed by atoms with Crippen LogP contribution in [-0.2, 0) is 61.8 Å². The van der Waals surface area contributed by atoms with E-state index in [1.807, 2.05) is 84.9 Å². The molecule has 10 unspecified atom stereocenters. The summed E-state index contributed by atoms with van der Waals surface area (Å²) in [6.45, 7) is 5.16. The molecule has 2 bridgehead atoms. The molecule has 4 aromatic carbocycles. The topological polar surface area (TPSA) is 174 Å². The van der Waals surface area contributed by atoms with Gasteiger partial charge in [-0.05, 0) is 81.2 Å². The van der Waals surface area contributed by atoms with Gasteiger partial charge in [0.2, 0.25) is 11.7 Å². The van der Waals surface area contributed by atoms with E-state index >= 15 is 4.79 Å². The Morgan fingerprint density at radius 1 is 0.882 bits per heavy atom. The van der Waals surface area contributed by atoms with Crippen LogP contribution in [0.15, 0.2) is 115 Å². The van der Waals surface area contributed by atoms with Gasteiger partial charge in [-0.1, -0.05) is 109 Å². The van der Waals surface area contributed by atoms with E-state index in [0.717, 1.165) is 41.5 Å². The summed E-state index contributed by atoms with van der Waals surface area (Å²) in [5.74, 6) is -2.87. The molecule has 2 saturated carbocycles. The minimum Gasteiger partial charge on any atom is -0.460 e. The van der Waals surface area contributed by atoms with Gasteiger partial charge in [0.1, 0.15) is 35.4 Å². The molecule has 10 atom stereocenters. The minimum atomic E-state index is -1.47. The molecule has 356 valence electrons.